The van der Waals surface area contributed by atoms with Crippen LogP contribution in [-0.2, 0) is 4.74 Å². The van der Waals surface area contributed by atoms with E-state index in [4.69, 9.17) is 9.26 Å². The van der Waals surface area contributed by atoms with Crippen LogP contribution >= 0.6 is 0 Å². The minimum atomic E-state index is -0.555. The fourth-order valence-corrected chi connectivity index (χ4v) is 4.67. The third-order valence-corrected chi connectivity index (χ3v) is 6.81. The average molecular weight is 478 g/mol. The van der Waals surface area contributed by atoms with Crippen LogP contribution in [0, 0.1) is 6.92 Å². The Morgan fingerprint density at radius 2 is 1.78 bits per heavy atom. The zero-order chi connectivity index (χ0) is 24.6. The van der Waals surface area contributed by atoms with Crippen LogP contribution in [0.4, 0.5) is 10.5 Å². The van der Waals surface area contributed by atoms with E-state index in [9.17, 15) is 4.79 Å². The van der Waals surface area contributed by atoms with Crippen molar-refractivity contribution in [3.8, 4) is 22.6 Å². The number of amides is 1. The molecule has 6 nitrogen and oxygen atoms in total. The highest BCUT2D eigenvalue weighted by Crippen LogP contribution is 2.43. The summed E-state index contributed by atoms with van der Waals surface area (Å²) in [6.45, 7) is 3.63. The smallest absolute Gasteiger partial charge is 0.412 e. The van der Waals surface area contributed by atoms with Crippen molar-refractivity contribution in [2.45, 2.75) is 38.7 Å². The number of aryl methyl sites for hydroxylation is 1. The van der Waals surface area contributed by atoms with Crippen LogP contribution < -0.4 is 5.32 Å². The second-order valence-electron chi connectivity index (χ2n) is 9.40. The lowest BCUT2D eigenvalue weighted by molar-refractivity contribution is 0.121. The fourth-order valence-electron chi connectivity index (χ4n) is 4.67. The zero-order valence-electron chi connectivity index (χ0n) is 20.2. The number of fused-ring (bicyclic) bond motifs is 1. The maximum atomic E-state index is 12.6. The van der Waals surface area contributed by atoms with E-state index in [1.165, 1.54) is 29.3 Å². The Bertz CT molecular complexity index is 1530. The summed E-state index contributed by atoms with van der Waals surface area (Å²) >= 11 is 0. The summed E-state index contributed by atoms with van der Waals surface area (Å²) in [4.78, 5) is 16.3. The van der Waals surface area contributed by atoms with E-state index in [0.29, 0.717) is 23.1 Å². The lowest BCUT2D eigenvalue weighted by Gasteiger charge is -2.14. The van der Waals surface area contributed by atoms with Crippen LogP contribution in [0.15, 0.2) is 83.4 Å². The molecule has 1 unspecified atom stereocenters. The summed E-state index contributed by atoms with van der Waals surface area (Å²) in [6.07, 6.45) is 1.60. The monoisotopic (exact) mass is 477 g/mol. The molecule has 1 atom stereocenters. The largest absolute Gasteiger partial charge is 0.441 e. The van der Waals surface area contributed by atoms with Gasteiger partial charge in [0.2, 0.25) is 0 Å². The molecule has 1 fully saturated rings. The Morgan fingerprint density at radius 1 is 1.03 bits per heavy atom. The molecule has 1 aliphatic carbocycles. The number of hydrogen-bond acceptors (Lipinski definition) is 4. The number of anilines is 1. The first-order chi connectivity index (χ1) is 17.6. The third-order valence-electron chi connectivity index (χ3n) is 6.81. The van der Waals surface area contributed by atoms with E-state index < -0.39 is 6.09 Å². The van der Waals surface area contributed by atoms with E-state index in [1.807, 2.05) is 61.5 Å². The van der Waals surface area contributed by atoms with E-state index in [-0.39, 0.29) is 6.10 Å². The molecule has 3 aromatic carbocycles. The zero-order valence-corrected chi connectivity index (χ0v) is 20.2. The molecule has 180 valence electrons. The van der Waals surface area contributed by atoms with Gasteiger partial charge < -0.3 is 14.2 Å². The maximum Gasteiger partial charge on any atom is 0.412 e. The van der Waals surface area contributed by atoms with Gasteiger partial charge in [-0.3, -0.25) is 5.32 Å². The lowest BCUT2D eigenvalue weighted by atomic mass is 10.1. The number of H-pyrrole nitrogens is 1. The van der Waals surface area contributed by atoms with Gasteiger partial charge in [-0.25, -0.2) is 4.79 Å². The van der Waals surface area contributed by atoms with E-state index in [1.54, 1.807) is 6.92 Å². The van der Waals surface area contributed by atoms with Crippen molar-refractivity contribution in [3.05, 3.63) is 95.7 Å². The number of nitrogens with one attached hydrogen (secondary N) is 2. The molecule has 2 aromatic heterocycles. The van der Waals surface area contributed by atoms with Gasteiger partial charge in [0, 0.05) is 22.2 Å². The molecule has 0 spiro atoms. The van der Waals surface area contributed by atoms with Crippen molar-refractivity contribution in [1.29, 1.82) is 0 Å². The molecule has 2 heterocycles. The number of benzene rings is 3. The second-order valence-corrected chi connectivity index (χ2v) is 9.40. The first-order valence-electron chi connectivity index (χ1n) is 12.3. The molecular formula is C30H27N3O3. The minimum absolute atomic E-state index is 0.383. The van der Waals surface area contributed by atoms with Gasteiger partial charge >= 0.3 is 6.09 Å². The van der Waals surface area contributed by atoms with Crippen LogP contribution in [0.3, 0.4) is 0 Å². The molecule has 2 N–H and O–H groups in total. The van der Waals surface area contributed by atoms with Gasteiger partial charge in [0.1, 0.15) is 17.5 Å². The van der Waals surface area contributed by atoms with E-state index in [0.717, 1.165) is 22.4 Å². The molecule has 0 aliphatic heterocycles. The Labute approximate surface area is 209 Å². The van der Waals surface area contributed by atoms with E-state index >= 15 is 0 Å². The predicted octanol–water partition coefficient (Wildman–Crippen LogP) is 7.99. The highest BCUT2D eigenvalue weighted by Gasteiger charge is 2.26. The molecule has 0 bridgehead atoms. The minimum Gasteiger partial charge on any atom is -0.441 e. The molecule has 0 saturated heterocycles. The Hall–Kier alpha value is -4.32. The molecule has 5 aromatic rings. The number of para-hydroxylation sites is 1. The van der Waals surface area contributed by atoms with Crippen LogP contribution in [0.1, 0.15) is 48.6 Å². The number of rotatable bonds is 6. The van der Waals surface area contributed by atoms with Gasteiger partial charge in [-0.1, -0.05) is 78.0 Å². The van der Waals surface area contributed by atoms with Crippen molar-refractivity contribution in [2.24, 2.45) is 0 Å². The summed E-state index contributed by atoms with van der Waals surface area (Å²) in [7, 11) is 0. The fraction of sp³-hybridized carbons (Fsp3) is 0.200. The first-order valence-corrected chi connectivity index (χ1v) is 12.3. The molecule has 0 radical (unpaired) electrons. The Morgan fingerprint density at radius 3 is 2.53 bits per heavy atom. The lowest BCUT2D eigenvalue weighted by Crippen LogP contribution is -2.16. The van der Waals surface area contributed by atoms with Gasteiger partial charge in [0.05, 0.1) is 0 Å². The summed E-state index contributed by atoms with van der Waals surface area (Å²) in [6, 6.07) is 26.4. The van der Waals surface area contributed by atoms with Crippen LogP contribution in [0.2, 0.25) is 0 Å². The number of aromatic nitrogens is 2. The van der Waals surface area contributed by atoms with E-state index in [2.05, 4.69) is 39.7 Å². The number of carbonyl (C=O) groups excluding carboxylic acids is 1. The Kier molecular flexibility index (Phi) is 5.56. The molecule has 6 rings (SSSR count). The summed E-state index contributed by atoms with van der Waals surface area (Å²) in [5.41, 5.74) is 7.65. The molecule has 6 heteroatoms. The van der Waals surface area contributed by atoms with Crippen molar-refractivity contribution < 1.29 is 14.1 Å². The van der Waals surface area contributed by atoms with Gasteiger partial charge in [-0.05, 0) is 55.4 Å². The van der Waals surface area contributed by atoms with Gasteiger partial charge in [0.15, 0.2) is 5.76 Å². The van der Waals surface area contributed by atoms with Gasteiger partial charge in [-0.15, -0.1) is 0 Å². The van der Waals surface area contributed by atoms with Crippen LogP contribution in [-0.4, -0.2) is 16.2 Å². The van der Waals surface area contributed by atoms with Crippen molar-refractivity contribution >= 4 is 22.7 Å². The van der Waals surface area contributed by atoms with Crippen molar-refractivity contribution in [2.75, 3.05) is 5.32 Å². The number of carbonyl (C=O) groups is 1. The predicted molar refractivity (Wildman–Crippen MR) is 141 cm³/mol. The summed E-state index contributed by atoms with van der Waals surface area (Å²) in [5, 5.41) is 8.13. The summed E-state index contributed by atoms with van der Waals surface area (Å²) < 4.78 is 11.2. The SMILES string of the molecule is Cc1noc(-c2ccc(-c3cc4cccc(C5CC5)c4[nH]3)cc2)c1NC(=O)OC(C)c1ccccc1. The van der Waals surface area contributed by atoms with Crippen molar-refractivity contribution in [1.82, 2.24) is 10.1 Å². The third kappa shape index (κ3) is 4.26. The van der Waals surface area contributed by atoms with Gasteiger partial charge in [-0.2, -0.15) is 0 Å². The quantitative estimate of drug-likeness (QED) is 0.260. The highest BCUT2D eigenvalue weighted by molar-refractivity contribution is 5.92. The molecular weight excluding hydrogens is 450 g/mol. The number of ether oxygens (including phenoxy) is 1. The number of aromatic amines is 1. The van der Waals surface area contributed by atoms with Crippen molar-refractivity contribution in [3.63, 3.8) is 0 Å². The standard InChI is InChI=1S/C30H27N3O3/c1-18-27(32-30(34)35-19(2)20-7-4-3-5-8-20)29(36-33-18)23-15-13-22(14-16-23)26-17-24-9-6-10-25(21-11-12-21)28(24)31-26/h3-10,13-17,19,21,31H,11-12H2,1-2H3,(H,32,34). The van der Waals surface area contributed by atoms with Gasteiger partial charge in [0.25, 0.3) is 0 Å². The van der Waals surface area contributed by atoms with Crippen LogP contribution in [0.25, 0.3) is 33.5 Å². The molecule has 1 saturated carbocycles. The molecule has 36 heavy (non-hydrogen) atoms. The first kappa shape index (κ1) is 22.2. The van der Waals surface area contributed by atoms with Crippen LogP contribution in [0.5, 0.6) is 0 Å². The number of hydrogen-bond donors (Lipinski definition) is 2. The second kappa shape index (κ2) is 9.04. The molecule has 1 amide bonds. The highest BCUT2D eigenvalue weighted by atomic mass is 16.6. The summed E-state index contributed by atoms with van der Waals surface area (Å²) in [5.74, 6) is 1.18. The normalized spacial score (nSPS) is 14.1. The number of nitrogens with zero attached hydrogens (tertiary/aromatic N) is 1. The Balaban J connectivity index is 1.22. The maximum absolute atomic E-state index is 12.6. The topological polar surface area (TPSA) is 80.2 Å². The molecule has 1 aliphatic rings. The average Bonchev–Trinajstić information content (AvgIpc) is 3.55.